The Morgan fingerprint density at radius 2 is 2.27 bits per heavy atom. The summed E-state index contributed by atoms with van der Waals surface area (Å²) in [5.74, 6) is 5.01. The summed E-state index contributed by atoms with van der Waals surface area (Å²) in [6.45, 7) is 0. The molecule has 11 heavy (non-hydrogen) atoms. The number of rotatable bonds is 1. The van der Waals surface area contributed by atoms with Crippen LogP contribution >= 0.6 is 11.3 Å². The second-order valence-corrected chi connectivity index (χ2v) is 2.18. The first-order valence-electron chi connectivity index (χ1n) is 2.43. The molecule has 7 heteroatoms. The highest BCUT2D eigenvalue weighted by Crippen LogP contribution is 2.08. The Hall–Kier alpha value is -1.34. The molecular formula is C4H7N3O3S. The molecule has 0 amide bonds. The van der Waals surface area contributed by atoms with Gasteiger partial charge < -0.3 is 15.6 Å². The van der Waals surface area contributed by atoms with Crippen LogP contribution in [0.4, 0.5) is 9.80 Å². The molecule has 6 nitrogen and oxygen atoms in total. The summed E-state index contributed by atoms with van der Waals surface area (Å²) in [5.41, 5.74) is 4.18. The van der Waals surface area contributed by atoms with Crippen LogP contribution in [0.5, 0.6) is 0 Å². The van der Waals surface area contributed by atoms with Gasteiger partial charge in [-0.15, -0.1) is 11.3 Å². The number of hydrogen-bond donors (Lipinski definition) is 4. The van der Waals surface area contributed by atoms with Crippen LogP contribution in [0.25, 0.3) is 0 Å². The Bertz CT molecular complexity index is 196. The third-order valence-electron chi connectivity index (χ3n) is 0.575. The molecular weight excluding hydrogens is 170 g/mol. The maximum atomic E-state index is 8.56. The molecule has 1 rings (SSSR count). The maximum absolute atomic E-state index is 8.56. The number of hydrazine groups is 1. The summed E-state index contributed by atoms with van der Waals surface area (Å²) in [7, 11) is 0. The summed E-state index contributed by atoms with van der Waals surface area (Å²) in [5, 5.41) is 14.8. The summed E-state index contributed by atoms with van der Waals surface area (Å²) in [6, 6.07) is 0. The molecule has 62 valence electrons. The summed E-state index contributed by atoms with van der Waals surface area (Å²) >= 11 is 1.48. The lowest BCUT2D eigenvalue weighted by atomic mass is 10.9. The molecule has 5 N–H and O–H groups in total. The lowest BCUT2D eigenvalue weighted by Gasteiger charge is -1.84. The second-order valence-electron chi connectivity index (χ2n) is 1.29. The molecule has 0 radical (unpaired) electrons. The quantitative estimate of drug-likeness (QED) is 0.370. The average Bonchev–Trinajstić information content (AvgIpc) is 2.36. The van der Waals surface area contributed by atoms with E-state index < -0.39 is 6.16 Å². The number of carbonyl (C=O) groups is 1. The van der Waals surface area contributed by atoms with Crippen molar-refractivity contribution in [3.8, 4) is 0 Å². The third-order valence-corrected chi connectivity index (χ3v) is 1.28. The standard InChI is InChI=1S/C3H5N3S.CH2O3/c4-6-3-1-5-2-7-3;2-1(3)4/h1-2,6H,4H2;(H2,2,3,4). The van der Waals surface area contributed by atoms with Gasteiger partial charge >= 0.3 is 6.16 Å². The highest BCUT2D eigenvalue weighted by molar-refractivity contribution is 7.13. The molecule has 1 heterocycles. The van der Waals surface area contributed by atoms with Gasteiger partial charge in [-0.2, -0.15) is 0 Å². The molecule has 0 aliphatic heterocycles. The Morgan fingerprint density at radius 1 is 1.73 bits per heavy atom. The summed E-state index contributed by atoms with van der Waals surface area (Å²) < 4.78 is 0. The van der Waals surface area contributed by atoms with E-state index in [9.17, 15) is 0 Å². The van der Waals surface area contributed by atoms with Crippen molar-refractivity contribution in [2.75, 3.05) is 5.43 Å². The molecule has 0 atom stereocenters. The van der Waals surface area contributed by atoms with Crippen molar-refractivity contribution in [2.45, 2.75) is 0 Å². The van der Waals surface area contributed by atoms with Crippen LogP contribution < -0.4 is 11.3 Å². The van der Waals surface area contributed by atoms with Crippen LogP contribution in [-0.2, 0) is 0 Å². The van der Waals surface area contributed by atoms with Gasteiger partial charge in [0, 0.05) is 0 Å². The van der Waals surface area contributed by atoms with Crippen LogP contribution in [0.3, 0.4) is 0 Å². The van der Waals surface area contributed by atoms with Crippen molar-refractivity contribution < 1.29 is 15.0 Å². The van der Waals surface area contributed by atoms with Crippen LogP contribution in [0, 0.1) is 0 Å². The first-order chi connectivity index (χ1) is 5.16. The minimum absolute atomic E-state index is 0.889. The van der Waals surface area contributed by atoms with E-state index in [-0.39, 0.29) is 0 Å². The van der Waals surface area contributed by atoms with E-state index in [4.69, 9.17) is 20.9 Å². The number of carboxylic acid groups (broad SMARTS) is 2. The number of thiazole rings is 1. The van der Waals surface area contributed by atoms with E-state index >= 15 is 0 Å². The van der Waals surface area contributed by atoms with Crippen LogP contribution in [-0.4, -0.2) is 21.4 Å². The van der Waals surface area contributed by atoms with Crippen molar-refractivity contribution in [2.24, 2.45) is 5.84 Å². The fourth-order valence-electron chi connectivity index (χ4n) is 0.287. The van der Waals surface area contributed by atoms with Crippen molar-refractivity contribution in [3.05, 3.63) is 11.7 Å². The van der Waals surface area contributed by atoms with Crippen LogP contribution in [0.2, 0.25) is 0 Å². The molecule has 0 fully saturated rings. The van der Waals surface area contributed by atoms with E-state index in [1.807, 2.05) is 0 Å². The molecule has 1 aromatic heterocycles. The zero-order chi connectivity index (χ0) is 8.69. The SMILES string of the molecule is NNc1cncs1.O=C(O)O. The molecule has 0 spiro atoms. The fourth-order valence-corrected chi connectivity index (χ4v) is 0.712. The zero-order valence-corrected chi connectivity index (χ0v) is 6.21. The summed E-state index contributed by atoms with van der Waals surface area (Å²) in [6.07, 6.45) is -0.162. The first-order valence-corrected chi connectivity index (χ1v) is 3.31. The minimum Gasteiger partial charge on any atom is -0.450 e. The number of hydrogen-bond acceptors (Lipinski definition) is 5. The molecule has 0 unspecified atom stereocenters. The molecule has 0 saturated heterocycles. The predicted octanol–water partition coefficient (Wildman–Crippen LogP) is 0.651. The molecule has 0 aliphatic carbocycles. The van der Waals surface area contributed by atoms with Gasteiger partial charge in [0.1, 0.15) is 5.00 Å². The van der Waals surface area contributed by atoms with Gasteiger partial charge in [0.05, 0.1) is 11.7 Å². The Morgan fingerprint density at radius 3 is 2.45 bits per heavy atom. The smallest absolute Gasteiger partial charge is 0.450 e. The maximum Gasteiger partial charge on any atom is 0.503 e. The number of anilines is 1. The largest absolute Gasteiger partial charge is 0.503 e. The van der Waals surface area contributed by atoms with Gasteiger partial charge in [0.2, 0.25) is 0 Å². The van der Waals surface area contributed by atoms with E-state index in [0.717, 1.165) is 5.00 Å². The van der Waals surface area contributed by atoms with Crippen molar-refractivity contribution in [1.29, 1.82) is 0 Å². The van der Waals surface area contributed by atoms with Gasteiger partial charge in [-0.25, -0.2) is 10.6 Å². The predicted molar refractivity (Wildman–Crippen MR) is 40.6 cm³/mol. The first kappa shape index (κ1) is 9.66. The highest BCUT2D eigenvalue weighted by atomic mass is 32.1. The van der Waals surface area contributed by atoms with E-state index in [1.54, 1.807) is 11.7 Å². The van der Waals surface area contributed by atoms with Crippen LogP contribution in [0.1, 0.15) is 0 Å². The third kappa shape index (κ3) is 6.55. The van der Waals surface area contributed by atoms with Gasteiger partial charge in [-0.05, 0) is 0 Å². The topological polar surface area (TPSA) is 108 Å². The van der Waals surface area contributed by atoms with E-state index in [0.29, 0.717) is 0 Å². The molecule has 0 aromatic carbocycles. The zero-order valence-electron chi connectivity index (χ0n) is 5.39. The van der Waals surface area contributed by atoms with Gasteiger partial charge in [0.25, 0.3) is 0 Å². The second kappa shape index (κ2) is 5.45. The van der Waals surface area contributed by atoms with Crippen LogP contribution in [0.15, 0.2) is 11.7 Å². The van der Waals surface area contributed by atoms with Gasteiger partial charge in [-0.3, -0.25) is 4.98 Å². The number of nitrogens with zero attached hydrogens (tertiary/aromatic N) is 1. The lowest BCUT2D eigenvalue weighted by molar-refractivity contribution is 0.137. The number of nitrogens with one attached hydrogen (secondary N) is 1. The summed E-state index contributed by atoms with van der Waals surface area (Å²) in [4.78, 5) is 12.3. The Balaban J connectivity index is 0.000000218. The monoisotopic (exact) mass is 177 g/mol. The number of nitrogen functional groups attached to an aromatic ring is 1. The minimum atomic E-state index is -1.83. The van der Waals surface area contributed by atoms with Gasteiger partial charge in [0.15, 0.2) is 0 Å². The molecule has 1 aromatic rings. The molecule has 0 saturated carbocycles. The lowest BCUT2D eigenvalue weighted by Crippen LogP contribution is -2.04. The van der Waals surface area contributed by atoms with E-state index in [2.05, 4.69) is 10.4 Å². The van der Waals surface area contributed by atoms with Crippen molar-refractivity contribution >= 4 is 22.5 Å². The van der Waals surface area contributed by atoms with Gasteiger partial charge in [-0.1, -0.05) is 0 Å². The highest BCUT2D eigenvalue weighted by Gasteiger charge is 1.82. The Kier molecular flexibility index (Phi) is 4.78. The normalized spacial score (nSPS) is 7.73. The number of aromatic nitrogens is 1. The van der Waals surface area contributed by atoms with Crippen molar-refractivity contribution in [3.63, 3.8) is 0 Å². The van der Waals surface area contributed by atoms with E-state index in [1.165, 1.54) is 11.3 Å². The fraction of sp³-hybridized carbons (Fsp3) is 0. The average molecular weight is 177 g/mol. The van der Waals surface area contributed by atoms with Crippen molar-refractivity contribution in [1.82, 2.24) is 4.98 Å². The molecule has 0 aliphatic rings. The number of nitrogens with two attached hydrogens (primary N) is 1. The Labute approximate surface area is 66.3 Å². The molecule has 0 bridgehead atoms.